The number of hydrogen-bond donors (Lipinski definition) is 1. The lowest BCUT2D eigenvalue weighted by Gasteiger charge is -2.06. The van der Waals surface area contributed by atoms with Crippen LogP contribution in [0.5, 0.6) is 0 Å². The average molecular weight is 232 g/mol. The Balaban J connectivity index is 2.49. The van der Waals surface area contributed by atoms with E-state index in [1.807, 2.05) is 18.2 Å². The molecule has 0 saturated carbocycles. The molecule has 0 radical (unpaired) electrons. The number of rotatable bonds is 5. The number of hydrogen-bond acceptors (Lipinski definition) is 1. The second-order valence-corrected chi connectivity index (χ2v) is 3.97. The predicted octanol–water partition coefficient (Wildman–Crippen LogP) is 3.54. The molecule has 0 atom stereocenters. The smallest absolute Gasteiger partial charge is 0.0452 e. The molecule has 0 aromatic heterocycles. The van der Waals surface area contributed by atoms with E-state index in [1.165, 1.54) is 0 Å². The van der Waals surface area contributed by atoms with E-state index in [0.29, 0.717) is 0 Å². The third kappa shape index (κ3) is 3.49. The molecule has 1 rings (SSSR count). The van der Waals surface area contributed by atoms with Crippen LogP contribution >= 0.6 is 23.2 Å². The van der Waals surface area contributed by atoms with Gasteiger partial charge < -0.3 is 5.32 Å². The van der Waals surface area contributed by atoms with E-state index in [-0.39, 0.29) is 0 Å². The lowest BCUT2D eigenvalue weighted by Crippen LogP contribution is -2.14. The highest BCUT2D eigenvalue weighted by atomic mass is 35.5. The molecule has 0 fully saturated rings. The van der Waals surface area contributed by atoms with Crippen molar-refractivity contribution in [1.82, 2.24) is 5.32 Å². The van der Waals surface area contributed by atoms with E-state index in [9.17, 15) is 0 Å². The minimum atomic E-state index is 0.772. The maximum absolute atomic E-state index is 6.04. The lowest BCUT2D eigenvalue weighted by atomic mass is 10.1. The third-order valence-corrected chi connectivity index (χ3v) is 2.80. The Morgan fingerprint density at radius 3 is 2.43 bits per heavy atom. The standard InChI is InChI=1S/C11H15Cl2N/c1-2-14-8-4-5-9-10(12)6-3-7-11(9)13/h3,6-7,14H,2,4-5,8H2,1H3. The van der Waals surface area contributed by atoms with Crippen LogP contribution in [0.4, 0.5) is 0 Å². The molecule has 0 aliphatic heterocycles. The Morgan fingerprint density at radius 1 is 1.21 bits per heavy atom. The van der Waals surface area contributed by atoms with E-state index in [1.54, 1.807) is 0 Å². The van der Waals surface area contributed by atoms with E-state index in [4.69, 9.17) is 23.2 Å². The first-order chi connectivity index (χ1) is 6.75. The molecule has 0 bridgehead atoms. The molecule has 0 saturated heterocycles. The first-order valence-corrected chi connectivity index (χ1v) is 5.65. The largest absolute Gasteiger partial charge is 0.317 e. The van der Waals surface area contributed by atoms with Crippen molar-refractivity contribution in [2.75, 3.05) is 13.1 Å². The van der Waals surface area contributed by atoms with Gasteiger partial charge in [-0.1, -0.05) is 36.2 Å². The molecular weight excluding hydrogens is 217 g/mol. The van der Waals surface area contributed by atoms with E-state index in [0.717, 1.165) is 41.5 Å². The molecule has 14 heavy (non-hydrogen) atoms. The van der Waals surface area contributed by atoms with Gasteiger partial charge in [-0.2, -0.15) is 0 Å². The van der Waals surface area contributed by atoms with Crippen molar-refractivity contribution in [2.24, 2.45) is 0 Å². The van der Waals surface area contributed by atoms with E-state index >= 15 is 0 Å². The molecule has 0 heterocycles. The number of benzene rings is 1. The van der Waals surface area contributed by atoms with E-state index in [2.05, 4.69) is 12.2 Å². The molecule has 0 amide bonds. The molecule has 0 spiro atoms. The van der Waals surface area contributed by atoms with Crippen molar-refractivity contribution < 1.29 is 0 Å². The van der Waals surface area contributed by atoms with Crippen LogP contribution < -0.4 is 5.32 Å². The van der Waals surface area contributed by atoms with Gasteiger partial charge in [-0.25, -0.2) is 0 Å². The van der Waals surface area contributed by atoms with Crippen molar-refractivity contribution in [2.45, 2.75) is 19.8 Å². The molecule has 1 aromatic rings. The van der Waals surface area contributed by atoms with Crippen LogP contribution in [-0.4, -0.2) is 13.1 Å². The van der Waals surface area contributed by atoms with Crippen LogP contribution in [-0.2, 0) is 6.42 Å². The number of nitrogens with one attached hydrogen (secondary N) is 1. The second kappa shape index (κ2) is 6.28. The summed E-state index contributed by atoms with van der Waals surface area (Å²) in [6, 6.07) is 5.64. The van der Waals surface area contributed by atoms with E-state index < -0.39 is 0 Å². The summed E-state index contributed by atoms with van der Waals surface area (Å²) < 4.78 is 0. The average Bonchev–Trinajstić information content (AvgIpc) is 2.16. The van der Waals surface area contributed by atoms with Crippen LogP contribution in [0, 0.1) is 0 Å². The summed E-state index contributed by atoms with van der Waals surface area (Å²) >= 11 is 12.1. The Kier molecular flexibility index (Phi) is 5.31. The van der Waals surface area contributed by atoms with Crippen molar-refractivity contribution in [3.05, 3.63) is 33.8 Å². The quantitative estimate of drug-likeness (QED) is 0.765. The zero-order valence-electron chi connectivity index (χ0n) is 8.32. The molecule has 0 aliphatic rings. The predicted molar refractivity (Wildman–Crippen MR) is 63.3 cm³/mol. The fourth-order valence-electron chi connectivity index (χ4n) is 1.34. The Labute approximate surface area is 95.4 Å². The summed E-state index contributed by atoms with van der Waals surface area (Å²) in [7, 11) is 0. The topological polar surface area (TPSA) is 12.0 Å². The fourth-order valence-corrected chi connectivity index (χ4v) is 1.92. The molecule has 1 nitrogen and oxygen atoms in total. The summed E-state index contributed by atoms with van der Waals surface area (Å²) in [5.41, 5.74) is 1.06. The lowest BCUT2D eigenvalue weighted by molar-refractivity contribution is 0.673. The van der Waals surface area contributed by atoms with Gasteiger partial charge >= 0.3 is 0 Å². The summed E-state index contributed by atoms with van der Waals surface area (Å²) in [4.78, 5) is 0. The SMILES string of the molecule is CCNCCCc1c(Cl)cccc1Cl. The minimum Gasteiger partial charge on any atom is -0.317 e. The van der Waals surface area contributed by atoms with Gasteiger partial charge in [0.05, 0.1) is 0 Å². The van der Waals surface area contributed by atoms with Crippen molar-refractivity contribution >= 4 is 23.2 Å². The van der Waals surface area contributed by atoms with Gasteiger partial charge in [0.25, 0.3) is 0 Å². The van der Waals surface area contributed by atoms with Gasteiger partial charge in [0.2, 0.25) is 0 Å². The fraction of sp³-hybridized carbons (Fsp3) is 0.455. The van der Waals surface area contributed by atoms with Gasteiger partial charge in [-0.05, 0) is 43.6 Å². The first-order valence-electron chi connectivity index (χ1n) is 4.89. The molecule has 0 unspecified atom stereocenters. The summed E-state index contributed by atoms with van der Waals surface area (Å²) in [6.45, 7) is 4.12. The van der Waals surface area contributed by atoms with Crippen molar-refractivity contribution in [1.29, 1.82) is 0 Å². The summed E-state index contributed by atoms with van der Waals surface area (Å²) in [6.07, 6.45) is 2.00. The molecule has 78 valence electrons. The second-order valence-electron chi connectivity index (χ2n) is 3.16. The highest BCUT2D eigenvalue weighted by molar-refractivity contribution is 6.35. The summed E-state index contributed by atoms with van der Waals surface area (Å²) in [5, 5.41) is 4.82. The highest BCUT2D eigenvalue weighted by Gasteiger charge is 2.03. The van der Waals surface area contributed by atoms with Crippen LogP contribution in [0.15, 0.2) is 18.2 Å². The molecular formula is C11H15Cl2N. The van der Waals surface area contributed by atoms with Gasteiger partial charge in [0.1, 0.15) is 0 Å². The number of halogens is 2. The Hall–Kier alpha value is -0.240. The minimum absolute atomic E-state index is 0.772. The Bertz CT molecular complexity index is 266. The maximum Gasteiger partial charge on any atom is 0.0452 e. The third-order valence-electron chi connectivity index (χ3n) is 2.09. The van der Waals surface area contributed by atoms with Crippen LogP contribution in [0.2, 0.25) is 10.0 Å². The zero-order chi connectivity index (χ0) is 10.4. The molecule has 1 aromatic carbocycles. The van der Waals surface area contributed by atoms with Gasteiger partial charge in [0, 0.05) is 10.0 Å². The Morgan fingerprint density at radius 2 is 1.86 bits per heavy atom. The van der Waals surface area contributed by atoms with Gasteiger partial charge in [-0.3, -0.25) is 0 Å². The van der Waals surface area contributed by atoms with Crippen LogP contribution in [0.1, 0.15) is 18.9 Å². The maximum atomic E-state index is 6.04. The van der Waals surface area contributed by atoms with Gasteiger partial charge in [-0.15, -0.1) is 0 Å². The van der Waals surface area contributed by atoms with Crippen molar-refractivity contribution in [3.63, 3.8) is 0 Å². The molecule has 1 N–H and O–H groups in total. The molecule has 3 heteroatoms. The highest BCUT2D eigenvalue weighted by Crippen LogP contribution is 2.25. The van der Waals surface area contributed by atoms with Crippen molar-refractivity contribution in [3.8, 4) is 0 Å². The molecule has 0 aliphatic carbocycles. The van der Waals surface area contributed by atoms with Gasteiger partial charge in [0.15, 0.2) is 0 Å². The monoisotopic (exact) mass is 231 g/mol. The normalized spacial score (nSPS) is 10.5. The first kappa shape index (κ1) is 11.8. The van der Waals surface area contributed by atoms with Crippen LogP contribution in [0.3, 0.4) is 0 Å². The zero-order valence-corrected chi connectivity index (χ0v) is 9.83. The van der Waals surface area contributed by atoms with Crippen LogP contribution in [0.25, 0.3) is 0 Å². The summed E-state index contributed by atoms with van der Waals surface area (Å²) in [5.74, 6) is 0.